The first-order chi connectivity index (χ1) is 8.15. The van der Waals surface area contributed by atoms with Gasteiger partial charge >= 0.3 is 5.69 Å². The van der Waals surface area contributed by atoms with E-state index in [2.05, 4.69) is 17.2 Å². The molecule has 1 rings (SSSR count). The third kappa shape index (κ3) is 4.60. The van der Waals surface area contributed by atoms with Gasteiger partial charge in [0.15, 0.2) is 0 Å². The van der Waals surface area contributed by atoms with Crippen molar-refractivity contribution in [3.8, 4) is 0 Å². The Kier molecular flexibility index (Phi) is 5.76. The van der Waals surface area contributed by atoms with E-state index in [1.807, 2.05) is 11.8 Å². The number of hydrogen-bond acceptors (Lipinski definition) is 5. The lowest BCUT2D eigenvalue weighted by Gasteiger charge is -2.06. The van der Waals surface area contributed by atoms with Crippen molar-refractivity contribution < 1.29 is 4.92 Å². The highest BCUT2D eigenvalue weighted by molar-refractivity contribution is 7.99. The Morgan fingerprint density at radius 3 is 3.00 bits per heavy atom. The first-order valence-electron chi connectivity index (χ1n) is 5.57. The second-order valence-electron chi connectivity index (χ2n) is 3.61. The van der Waals surface area contributed by atoms with Crippen LogP contribution in [0.2, 0.25) is 0 Å². The summed E-state index contributed by atoms with van der Waals surface area (Å²) in [5, 5.41) is 13.8. The van der Waals surface area contributed by atoms with Gasteiger partial charge in [-0.15, -0.1) is 0 Å². The molecule has 0 radical (unpaired) electrons. The van der Waals surface area contributed by atoms with Gasteiger partial charge in [-0.05, 0) is 30.4 Å². The highest BCUT2D eigenvalue weighted by Gasteiger charge is 2.14. The lowest BCUT2D eigenvalue weighted by atomic mass is 10.3. The molecule has 1 N–H and O–H groups in total. The number of aromatic nitrogens is 1. The van der Waals surface area contributed by atoms with Crippen LogP contribution in [0.1, 0.15) is 18.9 Å². The number of pyridine rings is 1. The molecule has 0 bridgehead atoms. The lowest BCUT2D eigenvalue weighted by Crippen LogP contribution is -2.07. The van der Waals surface area contributed by atoms with Crippen molar-refractivity contribution in [2.24, 2.45) is 0 Å². The summed E-state index contributed by atoms with van der Waals surface area (Å²) in [6.45, 7) is 4.62. The predicted octanol–water partition coefficient (Wildman–Crippen LogP) is 2.85. The van der Waals surface area contributed by atoms with E-state index in [1.54, 1.807) is 13.1 Å². The second-order valence-corrected chi connectivity index (χ2v) is 5.01. The van der Waals surface area contributed by atoms with Crippen molar-refractivity contribution in [2.75, 3.05) is 23.4 Å². The number of nitro groups is 1. The third-order valence-corrected chi connectivity index (χ3v) is 3.15. The van der Waals surface area contributed by atoms with Crippen LogP contribution in [-0.4, -0.2) is 28.0 Å². The summed E-state index contributed by atoms with van der Waals surface area (Å²) < 4.78 is 0. The van der Waals surface area contributed by atoms with Gasteiger partial charge in [0.1, 0.15) is 0 Å². The minimum absolute atomic E-state index is 0.0492. The molecule has 5 nitrogen and oxygen atoms in total. The molecule has 1 aromatic rings. The second kappa shape index (κ2) is 7.11. The van der Waals surface area contributed by atoms with E-state index in [4.69, 9.17) is 0 Å². The third-order valence-electron chi connectivity index (χ3n) is 2.16. The smallest absolute Gasteiger partial charge is 0.311 e. The minimum atomic E-state index is -0.400. The number of thioether (sulfide) groups is 1. The first kappa shape index (κ1) is 13.8. The van der Waals surface area contributed by atoms with Gasteiger partial charge in [-0.25, -0.2) is 4.98 Å². The number of nitrogens with zero attached hydrogens (tertiary/aromatic N) is 2. The molecule has 6 heteroatoms. The maximum atomic E-state index is 10.8. The maximum Gasteiger partial charge on any atom is 0.311 e. The molecule has 0 aliphatic rings. The number of hydrogen-bond donors (Lipinski definition) is 1. The van der Waals surface area contributed by atoms with Crippen molar-refractivity contribution >= 4 is 23.3 Å². The monoisotopic (exact) mass is 255 g/mol. The number of rotatable bonds is 7. The van der Waals surface area contributed by atoms with Crippen molar-refractivity contribution in [3.63, 3.8) is 0 Å². The number of aryl methyl sites for hydroxylation is 1. The zero-order chi connectivity index (χ0) is 12.7. The van der Waals surface area contributed by atoms with Crippen LogP contribution in [0.5, 0.6) is 0 Å². The van der Waals surface area contributed by atoms with Crippen molar-refractivity contribution in [1.82, 2.24) is 4.98 Å². The molecule has 1 heterocycles. The molecule has 0 aliphatic carbocycles. The summed E-state index contributed by atoms with van der Waals surface area (Å²) in [5.74, 6) is 2.52. The zero-order valence-corrected chi connectivity index (χ0v) is 10.9. The molecule has 0 saturated carbocycles. The van der Waals surface area contributed by atoms with E-state index in [0.717, 1.165) is 23.5 Å². The van der Waals surface area contributed by atoms with Crippen LogP contribution in [0.3, 0.4) is 0 Å². The number of anilines is 1. The largest absolute Gasteiger partial charge is 0.364 e. The fourth-order valence-corrected chi connectivity index (χ4v) is 1.99. The molecule has 0 spiro atoms. The topological polar surface area (TPSA) is 68.1 Å². The van der Waals surface area contributed by atoms with E-state index >= 15 is 0 Å². The lowest BCUT2D eigenvalue weighted by molar-refractivity contribution is -0.384. The Morgan fingerprint density at radius 1 is 1.59 bits per heavy atom. The molecule has 1 aromatic heterocycles. The van der Waals surface area contributed by atoms with E-state index in [0.29, 0.717) is 12.4 Å². The predicted molar refractivity (Wildman–Crippen MR) is 71.7 cm³/mol. The van der Waals surface area contributed by atoms with Crippen LogP contribution < -0.4 is 5.32 Å². The van der Waals surface area contributed by atoms with Gasteiger partial charge in [0, 0.05) is 18.8 Å². The van der Waals surface area contributed by atoms with Gasteiger partial charge in [0.25, 0.3) is 0 Å². The molecular formula is C11H17N3O2S. The first-order valence-corrected chi connectivity index (χ1v) is 6.73. The summed E-state index contributed by atoms with van der Waals surface area (Å²) in [7, 11) is 0. The Morgan fingerprint density at radius 2 is 2.35 bits per heavy atom. The summed E-state index contributed by atoms with van der Waals surface area (Å²) >= 11 is 1.86. The average molecular weight is 255 g/mol. The molecule has 0 atom stereocenters. The van der Waals surface area contributed by atoms with E-state index in [1.165, 1.54) is 6.07 Å². The Labute approximate surface area is 105 Å². The Hall–Kier alpha value is -1.30. The molecule has 0 unspecified atom stereocenters. The fraction of sp³-hybridized carbons (Fsp3) is 0.545. The van der Waals surface area contributed by atoms with Crippen LogP contribution >= 0.6 is 11.8 Å². The molecule has 17 heavy (non-hydrogen) atoms. The molecule has 0 aliphatic heterocycles. The van der Waals surface area contributed by atoms with E-state index < -0.39 is 4.92 Å². The van der Waals surface area contributed by atoms with E-state index in [-0.39, 0.29) is 5.69 Å². The standard InChI is InChI=1S/C11H17N3O2S/c1-3-17-6-4-5-12-11-10(14(15)16)7-9(2)8-13-11/h7-8H,3-6H2,1-2H3,(H,12,13). The molecule has 94 valence electrons. The van der Waals surface area contributed by atoms with Gasteiger partial charge in [0.2, 0.25) is 5.82 Å². The van der Waals surface area contributed by atoms with Gasteiger partial charge in [0.05, 0.1) is 4.92 Å². The van der Waals surface area contributed by atoms with Gasteiger partial charge in [-0.2, -0.15) is 11.8 Å². The summed E-state index contributed by atoms with van der Waals surface area (Å²) in [4.78, 5) is 14.5. The quantitative estimate of drug-likeness (QED) is 0.461. The molecular weight excluding hydrogens is 238 g/mol. The zero-order valence-electron chi connectivity index (χ0n) is 10.1. The van der Waals surface area contributed by atoms with Crippen LogP contribution in [0, 0.1) is 17.0 Å². The minimum Gasteiger partial charge on any atom is -0.364 e. The van der Waals surface area contributed by atoms with Crippen molar-refractivity contribution in [2.45, 2.75) is 20.3 Å². The summed E-state index contributed by atoms with van der Waals surface area (Å²) in [6.07, 6.45) is 2.61. The van der Waals surface area contributed by atoms with Crippen LogP contribution in [-0.2, 0) is 0 Å². The molecule has 0 fully saturated rings. The van der Waals surface area contributed by atoms with Crippen LogP contribution in [0.15, 0.2) is 12.3 Å². The van der Waals surface area contributed by atoms with Gasteiger partial charge in [-0.3, -0.25) is 10.1 Å². The average Bonchev–Trinajstić information content (AvgIpc) is 2.30. The Balaban J connectivity index is 2.55. The Bertz CT molecular complexity index is 385. The molecule has 0 aromatic carbocycles. The normalized spacial score (nSPS) is 10.2. The fourth-order valence-electron chi connectivity index (χ4n) is 1.35. The van der Waals surface area contributed by atoms with Crippen LogP contribution in [0.4, 0.5) is 11.5 Å². The summed E-state index contributed by atoms with van der Waals surface area (Å²) in [6, 6.07) is 1.54. The maximum absolute atomic E-state index is 10.8. The molecule has 0 saturated heterocycles. The highest BCUT2D eigenvalue weighted by atomic mass is 32.2. The van der Waals surface area contributed by atoms with Gasteiger partial charge < -0.3 is 5.32 Å². The SMILES string of the molecule is CCSCCCNc1ncc(C)cc1[N+](=O)[O-]. The number of nitrogens with one attached hydrogen (secondary N) is 1. The van der Waals surface area contributed by atoms with Gasteiger partial charge in [-0.1, -0.05) is 6.92 Å². The highest BCUT2D eigenvalue weighted by Crippen LogP contribution is 2.22. The van der Waals surface area contributed by atoms with E-state index in [9.17, 15) is 10.1 Å². The summed E-state index contributed by atoms with van der Waals surface area (Å²) in [5.41, 5.74) is 0.844. The van der Waals surface area contributed by atoms with Crippen molar-refractivity contribution in [3.05, 3.63) is 27.9 Å². The van der Waals surface area contributed by atoms with Crippen LogP contribution in [0.25, 0.3) is 0 Å². The van der Waals surface area contributed by atoms with Crippen molar-refractivity contribution in [1.29, 1.82) is 0 Å². The molecule has 0 amide bonds.